The summed E-state index contributed by atoms with van der Waals surface area (Å²) in [6, 6.07) is 9.96. The molecule has 0 saturated carbocycles. The second kappa shape index (κ2) is 8.94. The van der Waals surface area contributed by atoms with Crippen LogP contribution in [0.25, 0.3) is 0 Å². The third-order valence-corrected chi connectivity index (χ3v) is 5.63. The maximum atomic E-state index is 13.0. The number of amides is 1. The Bertz CT molecular complexity index is 906. The summed E-state index contributed by atoms with van der Waals surface area (Å²) < 4.78 is 10.1. The van der Waals surface area contributed by atoms with Gasteiger partial charge in [0.1, 0.15) is 5.75 Å². The average molecular weight is 468 g/mol. The van der Waals surface area contributed by atoms with Crippen molar-refractivity contribution in [2.75, 3.05) is 18.6 Å². The first-order chi connectivity index (χ1) is 13.4. The molecule has 2 N–H and O–H groups in total. The number of carbonyl (C=O) groups is 2. The van der Waals surface area contributed by atoms with Crippen molar-refractivity contribution in [1.82, 2.24) is 0 Å². The number of aryl methyl sites for hydroxylation is 1. The lowest BCUT2D eigenvalue weighted by Crippen LogP contribution is -2.47. The number of anilines is 1. The molecule has 1 atom stereocenters. The summed E-state index contributed by atoms with van der Waals surface area (Å²) in [7, 11) is 1.24. The molecule has 1 amide bonds. The number of para-hydroxylation sites is 1. The molecule has 148 valence electrons. The van der Waals surface area contributed by atoms with Crippen molar-refractivity contribution in [2.24, 2.45) is 5.73 Å². The highest BCUT2D eigenvalue weighted by Gasteiger charge is 2.28. The van der Waals surface area contributed by atoms with Crippen LogP contribution >= 0.6 is 27.5 Å². The van der Waals surface area contributed by atoms with Gasteiger partial charge in [-0.1, -0.05) is 45.7 Å². The molecular formula is C20H20BrClN2O4. The highest BCUT2D eigenvalue weighted by Crippen LogP contribution is 2.34. The van der Waals surface area contributed by atoms with Crippen LogP contribution in [-0.4, -0.2) is 31.8 Å². The molecule has 28 heavy (non-hydrogen) atoms. The van der Waals surface area contributed by atoms with Crippen molar-refractivity contribution >= 4 is 45.3 Å². The number of hydrogen-bond donors (Lipinski definition) is 1. The zero-order valence-corrected chi connectivity index (χ0v) is 17.6. The van der Waals surface area contributed by atoms with Crippen molar-refractivity contribution in [3.63, 3.8) is 0 Å². The average Bonchev–Trinajstić information content (AvgIpc) is 2.69. The summed E-state index contributed by atoms with van der Waals surface area (Å²) in [6.07, 6.45) is 1.29. The molecule has 1 aliphatic heterocycles. The molecule has 0 fully saturated rings. The van der Waals surface area contributed by atoms with Crippen LogP contribution in [0.4, 0.5) is 10.5 Å². The summed E-state index contributed by atoms with van der Waals surface area (Å²) in [5, 5.41) is 0.559. The van der Waals surface area contributed by atoms with Gasteiger partial charge in [-0.05, 0) is 48.6 Å². The van der Waals surface area contributed by atoms with E-state index in [0.717, 1.165) is 29.7 Å². The minimum Gasteiger partial charge on any atom is -0.437 e. The van der Waals surface area contributed by atoms with Crippen molar-refractivity contribution in [3.8, 4) is 5.75 Å². The molecule has 6 nitrogen and oxygen atoms in total. The van der Waals surface area contributed by atoms with Gasteiger partial charge in [-0.2, -0.15) is 0 Å². The Labute approximate surface area is 176 Å². The number of methoxy groups -OCH3 is 1. The molecule has 2 aromatic rings. The van der Waals surface area contributed by atoms with Crippen LogP contribution in [0.2, 0.25) is 5.02 Å². The molecular weight excluding hydrogens is 448 g/mol. The third-order valence-electron chi connectivity index (χ3n) is 4.58. The maximum Gasteiger partial charge on any atom is 0.513 e. The van der Waals surface area contributed by atoms with Crippen LogP contribution < -0.4 is 15.4 Å². The molecule has 0 bridgehead atoms. The number of rotatable bonds is 4. The quantitative estimate of drug-likeness (QED) is 0.541. The number of carbonyl (C=O) groups excluding carboxylic acids is 2. The Morgan fingerprint density at radius 1 is 1.32 bits per heavy atom. The molecule has 8 heteroatoms. The third kappa shape index (κ3) is 4.48. The fourth-order valence-electron chi connectivity index (χ4n) is 3.24. The first kappa shape index (κ1) is 20.6. The molecule has 0 aromatic heterocycles. The van der Waals surface area contributed by atoms with Crippen LogP contribution in [-0.2, 0) is 22.4 Å². The number of hydrogen-bond acceptors (Lipinski definition) is 5. The van der Waals surface area contributed by atoms with Crippen molar-refractivity contribution in [2.45, 2.75) is 25.3 Å². The van der Waals surface area contributed by atoms with Gasteiger partial charge in [-0.3, -0.25) is 4.79 Å². The smallest absolute Gasteiger partial charge is 0.437 e. The maximum absolute atomic E-state index is 13.0. The normalized spacial score (nSPS) is 14.2. The fourth-order valence-corrected chi connectivity index (χ4v) is 4.06. The monoisotopic (exact) mass is 466 g/mol. The van der Waals surface area contributed by atoms with E-state index < -0.39 is 12.2 Å². The zero-order valence-electron chi connectivity index (χ0n) is 15.3. The first-order valence-corrected chi connectivity index (χ1v) is 9.96. The predicted octanol–water partition coefficient (Wildman–Crippen LogP) is 4.10. The number of halogens is 2. The van der Waals surface area contributed by atoms with E-state index in [2.05, 4.69) is 20.7 Å². The number of fused-ring (bicyclic) bond motifs is 1. The van der Waals surface area contributed by atoms with Gasteiger partial charge in [0.2, 0.25) is 5.91 Å². The molecule has 3 rings (SSSR count). The minimum atomic E-state index is -0.799. The van der Waals surface area contributed by atoms with Gasteiger partial charge in [0.15, 0.2) is 0 Å². The molecule has 0 aliphatic carbocycles. The van der Waals surface area contributed by atoms with Gasteiger partial charge in [-0.25, -0.2) is 4.79 Å². The lowest BCUT2D eigenvalue weighted by Gasteiger charge is -2.32. The van der Waals surface area contributed by atoms with Gasteiger partial charge >= 0.3 is 6.16 Å². The van der Waals surface area contributed by atoms with Crippen molar-refractivity contribution in [1.29, 1.82) is 0 Å². The lowest BCUT2D eigenvalue weighted by atomic mass is 9.99. The Balaban J connectivity index is 1.75. The molecule has 2 aromatic carbocycles. The number of ether oxygens (including phenoxy) is 2. The number of nitrogens with zero attached hydrogens (tertiary/aromatic N) is 1. The van der Waals surface area contributed by atoms with Crippen LogP contribution in [0.15, 0.2) is 40.9 Å². The van der Waals surface area contributed by atoms with Crippen LogP contribution in [0, 0.1) is 0 Å². The lowest BCUT2D eigenvalue weighted by molar-refractivity contribution is -0.119. The van der Waals surface area contributed by atoms with Crippen molar-refractivity contribution in [3.05, 3.63) is 57.0 Å². The van der Waals surface area contributed by atoms with Gasteiger partial charge in [0, 0.05) is 11.0 Å². The van der Waals surface area contributed by atoms with Crippen molar-refractivity contribution < 1.29 is 19.1 Å². The van der Waals surface area contributed by atoms with E-state index in [1.165, 1.54) is 7.11 Å². The number of benzene rings is 2. The van der Waals surface area contributed by atoms with Crippen LogP contribution in [0.1, 0.15) is 17.5 Å². The first-order valence-electron chi connectivity index (χ1n) is 8.79. The van der Waals surface area contributed by atoms with Crippen LogP contribution in [0.5, 0.6) is 5.75 Å². The van der Waals surface area contributed by atoms with E-state index in [1.807, 2.05) is 12.1 Å². The van der Waals surface area contributed by atoms with E-state index in [4.69, 9.17) is 22.1 Å². The summed E-state index contributed by atoms with van der Waals surface area (Å²) in [4.78, 5) is 25.9. The molecule has 0 saturated heterocycles. The van der Waals surface area contributed by atoms with Gasteiger partial charge in [0.05, 0.1) is 23.9 Å². The molecule has 1 aliphatic rings. The van der Waals surface area contributed by atoms with Gasteiger partial charge in [-0.15, -0.1) is 0 Å². The van der Waals surface area contributed by atoms with E-state index in [9.17, 15) is 9.59 Å². The van der Waals surface area contributed by atoms with Gasteiger partial charge < -0.3 is 20.1 Å². The summed E-state index contributed by atoms with van der Waals surface area (Å²) in [6.45, 7) is 0.594. The predicted molar refractivity (Wildman–Crippen MR) is 111 cm³/mol. The number of nitrogens with two attached hydrogens (primary N) is 1. The highest BCUT2D eigenvalue weighted by molar-refractivity contribution is 9.10. The standard InChI is InChI=1S/C20H20BrClN2O4/c1-27-20(26)28-14-8-7-13(15(21)11-14)10-17(23)19(25)24-9-3-5-12-4-2-6-16(22)18(12)24/h2,4,6-8,11,17H,3,5,9-10,23H2,1H3/t17-/m1/s1. The molecule has 0 radical (unpaired) electrons. The largest absolute Gasteiger partial charge is 0.513 e. The van der Waals surface area contributed by atoms with E-state index >= 15 is 0 Å². The Hall–Kier alpha value is -2.09. The Morgan fingerprint density at radius 3 is 2.82 bits per heavy atom. The summed E-state index contributed by atoms with van der Waals surface area (Å²) >= 11 is 9.78. The molecule has 0 spiro atoms. The SMILES string of the molecule is COC(=O)Oc1ccc(C[C@@H](N)C(=O)N2CCCc3cccc(Cl)c32)c(Br)c1. The van der Waals surface area contributed by atoms with E-state index in [1.54, 1.807) is 29.2 Å². The van der Waals surface area contributed by atoms with E-state index in [-0.39, 0.29) is 5.91 Å². The second-order valence-corrected chi connectivity index (χ2v) is 7.72. The summed E-state index contributed by atoms with van der Waals surface area (Å²) in [5.41, 5.74) is 8.89. The Morgan fingerprint density at radius 2 is 2.11 bits per heavy atom. The zero-order chi connectivity index (χ0) is 20.3. The highest BCUT2D eigenvalue weighted by atomic mass is 79.9. The second-order valence-electron chi connectivity index (χ2n) is 6.46. The minimum absolute atomic E-state index is 0.171. The Kier molecular flexibility index (Phi) is 6.59. The molecule has 0 unspecified atom stereocenters. The van der Waals surface area contributed by atoms with Gasteiger partial charge in [0.25, 0.3) is 0 Å². The topological polar surface area (TPSA) is 81.9 Å². The fraction of sp³-hybridized carbons (Fsp3) is 0.300. The molecule has 1 heterocycles. The summed E-state index contributed by atoms with van der Waals surface area (Å²) in [5.74, 6) is 0.162. The van der Waals surface area contributed by atoms with E-state index in [0.29, 0.717) is 28.2 Å². The van der Waals surface area contributed by atoms with Crippen LogP contribution in [0.3, 0.4) is 0 Å².